The lowest BCUT2D eigenvalue weighted by Gasteiger charge is -2.34. The van der Waals surface area contributed by atoms with Crippen molar-refractivity contribution in [3.63, 3.8) is 0 Å². The average molecular weight is 309 g/mol. The third kappa shape index (κ3) is 2.66. The van der Waals surface area contributed by atoms with Crippen molar-refractivity contribution < 1.29 is 4.29 Å². The van der Waals surface area contributed by atoms with Gasteiger partial charge in [0.25, 0.3) is 0 Å². The summed E-state index contributed by atoms with van der Waals surface area (Å²) in [5, 5.41) is 0. The summed E-state index contributed by atoms with van der Waals surface area (Å²) >= 11 is 5.74. The van der Waals surface area contributed by atoms with Crippen LogP contribution in [0.4, 0.5) is 0 Å². The highest BCUT2D eigenvalue weighted by molar-refractivity contribution is 6.07. The van der Waals surface area contributed by atoms with E-state index in [1.807, 2.05) is 54.6 Å². The molecule has 22 heavy (non-hydrogen) atoms. The Hall–Kier alpha value is -2.09. The van der Waals surface area contributed by atoms with Crippen LogP contribution in [0.15, 0.2) is 91.0 Å². The first-order valence-corrected chi connectivity index (χ1v) is 7.59. The van der Waals surface area contributed by atoms with Gasteiger partial charge in [-0.3, -0.25) is 4.29 Å². The van der Waals surface area contributed by atoms with E-state index in [1.54, 1.807) is 0 Å². The summed E-state index contributed by atoms with van der Waals surface area (Å²) in [5.74, 6) is 0. The van der Waals surface area contributed by atoms with E-state index in [0.29, 0.717) is 6.61 Å². The summed E-state index contributed by atoms with van der Waals surface area (Å²) in [4.78, 5) is 0. The number of benzene rings is 3. The topological polar surface area (TPSA) is 9.23 Å². The van der Waals surface area contributed by atoms with E-state index >= 15 is 0 Å². The van der Waals surface area contributed by atoms with Crippen LogP contribution in [0, 0.1) is 0 Å². The number of halogens is 1. The Morgan fingerprint density at radius 2 is 0.909 bits per heavy atom. The maximum atomic E-state index is 5.74. The lowest BCUT2D eigenvalue weighted by atomic mass is 9.70. The van der Waals surface area contributed by atoms with Gasteiger partial charge >= 0.3 is 0 Å². The third-order valence-corrected chi connectivity index (χ3v) is 4.18. The van der Waals surface area contributed by atoms with Crippen molar-refractivity contribution in [2.75, 3.05) is 6.61 Å². The van der Waals surface area contributed by atoms with Crippen LogP contribution >= 0.6 is 11.9 Å². The van der Waals surface area contributed by atoms with Crippen LogP contribution in [0.2, 0.25) is 0 Å². The zero-order valence-corrected chi connectivity index (χ0v) is 12.9. The van der Waals surface area contributed by atoms with Crippen LogP contribution < -0.4 is 0 Å². The highest BCUT2D eigenvalue weighted by Crippen LogP contribution is 2.39. The molecule has 3 aromatic carbocycles. The molecule has 0 aliphatic rings. The first-order valence-electron chi connectivity index (χ1n) is 7.28. The van der Waals surface area contributed by atoms with Gasteiger partial charge in [-0.1, -0.05) is 91.0 Å². The first kappa shape index (κ1) is 14.8. The Morgan fingerprint density at radius 1 is 0.591 bits per heavy atom. The normalized spacial score (nSPS) is 11.3. The van der Waals surface area contributed by atoms with Gasteiger partial charge in [-0.15, -0.1) is 0 Å². The molecule has 0 N–H and O–H groups in total. The van der Waals surface area contributed by atoms with Gasteiger partial charge in [0.15, 0.2) is 0 Å². The quantitative estimate of drug-likeness (QED) is 0.589. The Labute approximate surface area is 136 Å². The summed E-state index contributed by atoms with van der Waals surface area (Å²) in [7, 11) is 0. The van der Waals surface area contributed by atoms with Gasteiger partial charge in [-0.25, -0.2) is 0 Å². The zero-order chi connectivity index (χ0) is 15.3. The van der Waals surface area contributed by atoms with Gasteiger partial charge < -0.3 is 0 Å². The first-order chi connectivity index (χ1) is 10.9. The van der Waals surface area contributed by atoms with Crippen molar-refractivity contribution in [3.8, 4) is 0 Å². The Kier molecular flexibility index (Phi) is 4.57. The van der Waals surface area contributed by atoms with E-state index < -0.39 is 5.41 Å². The maximum Gasteiger partial charge on any atom is 0.0860 e. The largest absolute Gasteiger partial charge is 0.278 e. The van der Waals surface area contributed by atoms with Gasteiger partial charge in [0.1, 0.15) is 0 Å². The minimum absolute atomic E-state index is 0.368. The van der Waals surface area contributed by atoms with E-state index in [1.165, 1.54) is 0 Å². The van der Waals surface area contributed by atoms with Crippen molar-refractivity contribution >= 4 is 11.9 Å². The molecule has 0 heterocycles. The van der Waals surface area contributed by atoms with E-state index in [0.717, 1.165) is 16.7 Å². The fraction of sp³-hybridized carbons (Fsp3) is 0.100. The van der Waals surface area contributed by atoms with E-state index in [4.69, 9.17) is 16.2 Å². The molecule has 2 heteroatoms. The second-order valence-electron chi connectivity index (χ2n) is 5.26. The van der Waals surface area contributed by atoms with E-state index in [9.17, 15) is 0 Å². The van der Waals surface area contributed by atoms with Gasteiger partial charge in [0.2, 0.25) is 0 Å². The van der Waals surface area contributed by atoms with Crippen LogP contribution in [0.25, 0.3) is 0 Å². The zero-order valence-electron chi connectivity index (χ0n) is 12.2. The van der Waals surface area contributed by atoms with Crippen LogP contribution in [-0.4, -0.2) is 6.61 Å². The minimum atomic E-state index is -0.425. The predicted octanol–water partition coefficient (Wildman–Crippen LogP) is 5.19. The molecular weight excluding hydrogens is 292 g/mol. The fourth-order valence-electron chi connectivity index (χ4n) is 3.00. The highest BCUT2D eigenvalue weighted by atomic mass is 35.5. The number of hydrogen-bond acceptors (Lipinski definition) is 1. The molecule has 0 saturated carbocycles. The molecule has 0 aromatic heterocycles. The van der Waals surface area contributed by atoms with Crippen molar-refractivity contribution in [1.82, 2.24) is 0 Å². The smallest absolute Gasteiger partial charge is 0.0860 e. The van der Waals surface area contributed by atoms with Gasteiger partial charge in [-0.05, 0) is 16.7 Å². The van der Waals surface area contributed by atoms with Crippen molar-refractivity contribution in [2.45, 2.75) is 5.41 Å². The molecule has 0 radical (unpaired) electrons. The van der Waals surface area contributed by atoms with Gasteiger partial charge in [-0.2, -0.15) is 0 Å². The maximum absolute atomic E-state index is 5.74. The molecule has 3 aromatic rings. The molecule has 0 saturated heterocycles. The molecule has 0 amide bonds. The molecule has 0 unspecified atom stereocenters. The summed E-state index contributed by atoms with van der Waals surface area (Å²) in [6, 6.07) is 31.1. The Morgan fingerprint density at radius 3 is 1.18 bits per heavy atom. The number of hydrogen-bond donors (Lipinski definition) is 0. The molecule has 0 aliphatic heterocycles. The third-order valence-electron chi connectivity index (χ3n) is 4.07. The van der Waals surface area contributed by atoms with Crippen molar-refractivity contribution in [2.24, 2.45) is 0 Å². The summed E-state index contributed by atoms with van der Waals surface area (Å²) in [6.45, 7) is 0.368. The van der Waals surface area contributed by atoms with Crippen LogP contribution in [-0.2, 0) is 9.70 Å². The fourth-order valence-corrected chi connectivity index (χ4v) is 3.16. The molecule has 3 rings (SSSR count). The summed E-state index contributed by atoms with van der Waals surface area (Å²) in [5.41, 5.74) is 3.06. The highest BCUT2D eigenvalue weighted by Gasteiger charge is 2.36. The average Bonchev–Trinajstić information content (AvgIpc) is 2.62. The Bertz CT molecular complexity index is 599. The van der Waals surface area contributed by atoms with Crippen LogP contribution in [0.5, 0.6) is 0 Å². The monoisotopic (exact) mass is 308 g/mol. The lowest BCUT2D eigenvalue weighted by molar-refractivity contribution is 0.291. The van der Waals surface area contributed by atoms with E-state index in [2.05, 4.69) is 36.4 Å². The minimum Gasteiger partial charge on any atom is -0.278 e. The molecule has 110 valence electrons. The predicted molar refractivity (Wildman–Crippen MR) is 91.0 cm³/mol. The molecule has 0 spiro atoms. The standard InChI is InChI=1S/C20H17ClO/c21-22-16-20(17-10-4-1-5-11-17,18-12-6-2-7-13-18)19-14-8-3-9-15-19/h1-15H,16H2. The van der Waals surface area contributed by atoms with Gasteiger partial charge in [0, 0.05) is 0 Å². The van der Waals surface area contributed by atoms with Crippen LogP contribution in [0.3, 0.4) is 0 Å². The molecule has 1 nitrogen and oxygen atoms in total. The van der Waals surface area contributed by atoms with Gasteiger partial charge in [0.05, 0.1) is 23.9 Å². The summed E-state index contributed by atoms with van der Waals surface area (Å²) in [6.07, 6.45) is 0. The van der Waals surface area contributed by atoms with Crippen molar-refractivity contribution in [3.05, 3.63) is 108 Å². The molecule has 0 atom stereocenters. The molecular formula is C20H17ClO. The Balaban J connectivity index is 2.29. The van der Waals surface area contributed by atoms with E-state index in [-0.39, 0.29) is 0 Å². The van der Waals surface area contributed by atoms with Crippen LogP contribution in [0.1, 0.15) is 16.7 Å². The molecule has 0 fully saturated rings. The molecule has 0 bridgehead atoms. The SMILES string of the molecule is ClOCC(c1ccccc1)(c1ccccc1)c1ccccc1. The summed E-state index contributed by atoms with van der Waals surface area (Å²) < 4.78 is 5.14. The lowest BCUT2D eigenvalue weighted by Crippen LogP contribution is -2.33. The second-order valence-corrected chi connectivity index (χ2v) is 5.48. The molecule has 0 aliphatic carbocycles. The number of rotatable bonds is 5. The van der Waals surface area contributed by atoms with Crippen molar-refractivity contribution in [1.29, 1.82) is 0 Å². The second kappa shape index (κ2) is 6.78.